The number of rotatable bonds is 6. The second-order valence-corrected chi connectivity index (χ2v) is 7.46. The average Bonchev–Trinajstić information content (AvgIpc) is 2.85. The Bertz CT molecular complexity index is 1280. The van der Waals surface area contributed by atoms with Crippen molar-refractivity contribution >= 4 is 11.6 Å². The monoisotopic (exact) mass is 423 g/mol. The summed E-state index contributed by atoms with van der Waals surface area (Å²) in [6.07, 6.45) is 0.915. The highest BCUT2D eigenvalue weighted by Gasteiger charge is 2.25. The minimum Gasteiger partial charge on any atom is -0.322 e. The van der Waals surface area contributed by atoms with Crippen molar-refractivity contribution in [3.8, 4) is 22.4 Å². The molecule has 5 heteroatoms. The molecule has 0 aliphatic rings. The molecule has 4 aromatic rings. The molecule has 4 rings (SSSR count). The van der Waals surface area contributed by atoms with Crippen molar-refractivity contribution in [2.24, 2.45) is 0 Å². The maximum atomic E-state index is 13.5. The number of aryl methyl sites for hydroxylation is 2. The Morgan fingerprint density at radius 2 is 1.44 bits per heavy atom. The molecular formula is C27H25N3O2. The summed E-state index contributed by atoms with van der Waals surface area (Å²) in [4.78, 5) is 26.8. The number of aromatic nitrogens is 2. The van der Waals surface area contributed by atoms with E-state index in [1.165, 1.54) is 10.2 Å². The van der Waals surface area contributed by atoms with Gasteiger partial charge in [0.05, 0.1) is 5.69 Å². The minimum absolute atomic E-state index is 0.0893. The quantitative estimate of drug-likeness (QED) is 0.451. The van der Waals surface area contributed by atoms with Crippen molar-refractivity contribution in [1.82, 2.24) is 9.78 Å². The lowest BCUT2D eigenvalue weighted by Crippen LogP contribution is -2.32. The zero-order chi connectivity index (χ0) is 22.5. The minimum atomic E-state index is -0.445. The topological polar surface area (TPSA) is 64.0 Å². The number of carbonyl (C=O) groups is 1. The van der Waals surface area contributed by atoms with Crippen LogP contribution in [0.2, 0.25) is 0 Å². The van der Waals surface area contributed by atoms with Crippen LogP contribution in [0.5, 0.6) is 0 Å². The van der Waals surface area contributed by atoms with Crippen LogP contribution < -0.4 is 10.9 Å². The Hall–Kier alpha value is -3.99. The first-order chi connectivity index (χ1) is 15.6. The Morgan fingerprint density at radius 1 is 0.844 bits per heavy atom. The van der Waals surface area contributed by atoms with Gasteiger partial charge in [0, 0.05) is 23.4 Å². The second kappa shape index (κ2) is 9.43. The van der Waals surface area contributed by atoms with Crippen molar-refractivity contribution in [2.45, 2.75) is 26.8 Å². The van der Waals surface area contributed by atoms with Gasteiger partial charge in [-0.3, -0.25) is 9.59 Å². The van der Waals surface area contributed by atoms with Crippen LogP contribution in [0.1, 0.15) is 29.8 Å². The van der Waals surface area contributed by atoms with Gasteiger partial charge in [-0.2, -0.15) is 5.10 Å². The maximum Gasteiger partial charge on any atom is 0.280 e. The molecule has 0 atom stereocenters. The van der Waals surface area contributed by atoms with E-state index in [1.807, 2.05) is 91.9 Å². The molecule has 3 aromatic carbocycles. The molecule has 1 heterocycles. The SMILES string of the molecule is CCc1ccc(NC(=O)c2c(-c3ccccc3)c(-c3ccccc3)nn(CC)c2=O)cc1. The molecule has 0 spiro atoms. The van der Waals surface area contributed by atoms with Gasteiger partial charge in [-0.1, -0.05) is 79.7 Å². The van der Waals surface area contributed by atoms with Gasteiger partial charge in [0.15, 0.2) is 0 Å². The molecule has 0 aliphatic carbocycles. The number of amides is 1. The van der Waals surface area contributed by atoms with Crippen molar-refractivity contribution in [2.75, 3.05) is 5.32 Å². The highest BCUT2D eigenvalue weighted by atomic mass is 16.2. The van der Waals surface area contributed by atoms with Crippen LogP contribution in [0.25, 0.3) is 22.4 Å². The lowest BCUT2D eigenvalue weighted by atomic mass is 9.95. The molecule has 0 aliphatic heterocycles. The van der Waals surface area contributed by atoms with Crippen molar-refractivity contribution in [1.29, 1.82) is 0 Å². The third-order valence-electron chi connectivity index (χ3n) is 5.41. The molecule has 1 aromatic heterocycles. The van der Waals surface area contributed by atoms with Crippen molar-refractivity contribution < 1.29 is 4.79 Å². The van der Waals surface area contributed by atoms with Crippen LogP contribution in [-0.2, 0) is 13.0 Å². The summed E-state index contributed by atoms with van der Waals surface area (Å²) in [7, 11) is 0. The fourth-order valence-corrected chi connectivity index (χ4v) is 3.70. The summed E-state index contributed by atoms with van der Waals surface area (Å²) in [6.45, 7) is 4.28. The van der Waals surface area contributed by atoms with Gasteiger partial charge < -0.3 is 5.32 Å². The molecule has 0 saturated carbocycles. The van der Waals surface area contributed by atoms with Gasteiger partial charge >= 0.3 is 0 Å². The van der Waals surface area contributed by atoms with Gasteiger partial charge in [0.25, 0.3) is 11.5 Å². The number of carbonyl (C=O) groups excluding carboxylic acids is 1. The average molecular weight is 424 g/mol. The molecule has 0 radical (unpaired) electrons. The smallest absolute Gasteiger partial charge is 0.280 e. The van der Waals surface area contributed by atoms with Crippen LogP contribution in [0.3, 0.4) is 0 Å². The summed E-state index contributed by atoms with van der Waals surface area (Å²) in [5.74, 6) is -0.445. The zero-order valence-electron chi connectivity index (χ0n) is 18.2. The lowest BCUT2D eigenvalue weighted by Gasteiger charge is -2.17. The largest absolute Gasteiger partial charge is 0.322 e. The van der Waals surface area contributed by atoms with Gasteiger partial charge in [0.2, 0.25) is 0 Å². The van der Waals surface area contributed by atoms with E-state index < -0.39 is 11.5 Å². The first kappa shape index (κ1) is 21.2. The molecule has 5 nitrogen and oxygen atoms in total. The van der Waals surface area contributed by atoms with E-state index >= 15 is 0 Å². The van der Waals surface area contributed by atoms with Crippen LogP contribution in [0, 0.1) is 0 Å². The van der Waals surface area contributed by atoms with Gasteiger partial charge in [-0.15, -0.1) is 0 Å². The van der Waals surface area contributed by atoms with Crippen LogP contribution >= 0.6 is 0 Å². The van der Waals surface area contributed by atoms with Gasteiger partial charge in [0.1, 0.15) is 5.56 Å². The third kappa shape index (κ3) is 4.23. The number of nitrogens with one attached hydrogen (secondary N) is 1. The molecule has 0 bridgehead atoms. The number of nitrogens with zero attached hydrogens (tertiary/aromatic N) is 2. The molecule has 32 heavy (non-hydrogen) atoms. The Kier molecular flexibility index (Phi) is 6.26. The highest BCUT2D eigenvalue weighted by Crippen LogP contribution is 2.32. The fraction of sp³-hybridized carbons (Fsp3) is 0.148. The summed E-state index contributed by atoms with van der Waals surface area (Å²) in [6, 6.07) is 26.8. The van der Waals surface area contributed by atoms with Crippen molar-refractivity contribution in [3.63, 3.8) is 0 Å². The fourth-order valence-electron chi connectivity index (χ4n) is 3.70. The lowest BCUT2D eigenvalue weighted by molar-refractivity contribution is 0.102. The Morgan fingerprint density at radius 3 is 2.00 bits per heavy atom. The van der Waals surface area contributed by atoms with E-state index in [1.54, 1.807) is 0 Å². The van der Waals surface area contributed by atoms with Crippen LogP contribution in [-0.4, -0.2) is 15.7 Å². The predicted octanol–water partition coefficient (Wildman–Crippen LogP) is 5.41. The Labute approximate surface area is 187 Å². The Balaban J connectivity index is 1.93. The number of benzene rings is 3. The third-order valence-corrected chi connectivity index (χ3v) is 5.41. The number of hydrogen-bond donors (Lipinski definition) is 1. The van der Waals surface area contributed by atoms with Crippen LogP contribution in [0.15, 0.2) is 89.7 Å². The summed E-state index contributed by atoms with van der Waals surface area (Å²) < 4.78 is 1.35. The van der Waals surface area contributed by atoms with Gasteiger partial charge in [-0.25, -0.2) is 4.68 Å². The normalized spacial score (nSPS) is 10.7. The standard InChI is InChI=1S/C27H25N3O2/c1-3-19-15-17-22(18-16-19)28-26(31)24-23(20-11-7-5-8-12-20)25(21-13-9-6-10-14-21)29-30(4-2)27(24)32/h5-18H,3-4H2,1-2H3,(H,28,31). The molecule has 0 unspecified atom stereocenters. The summed E-state index contributed by atoms with van der Waals surface area (Å²) >= 11 is 0. The van der Waals surface area contributed by atoms with E-state index in [4.69, 9.17) is 0 Å². The molecule has 0 saturated heterocycles. The van der Waals surface area contributed by atoms with E-state index in [9.17, 15) is 9.59 Å². The molecule has 160 valence electrons. The zero-order valence-corrected chi connectivity index (χ0v) is 18.2. The highest BCUT2D eigenvalue weighted by molar-refractivity contribution is 6.10. The number of hydrogen-bond acceptors (Lipinski definition) is 3. The van der Waals surface area contributed by atoms with E-state index in [0.717, 1.165) is 17.5 Å². The van der Waals surface area contributed by atoms with Gasteiger partial charge in [-0.05, 0) is 36.6 Å². The summed E-state index contributed by atoms with van der Waals surface area (Å²) in [5.41, 5.74) is 4.25. The molecule has 1 amide bonds. The molecular weight excluding hydrogens is 398 g/mol. The molecule has 0 fully saturated rings. The first-order valence-corrected chi connectivity index (χ1v) is 10.8. The van der Waals surface area contributed by atoms with E-state index in [-0.39, 0.29) is 5.56 Å². The van der Waals surface area contributed by atoms with E-state index in [2.05, 4.69) is 17.3 Å². The van der Waals surface area contributed by atoms with Crippen molar-refractivity contribution in [3.05, 3.63) is 106 Å². The van der Waals surface area contributed by atoms with E-state index in [0.29, 0.717) is 23.5 Å². The second-order valence-electron chi connectivity index (χ2n) is 7.46. The molecule has 1 N–H and O–H groups in total. The number of anilines is 1. The first-order valence-electron chi connectivity index (χ1n) is 10.8. The summed E-state index contributed by atoms with van der Waals surface area (Å²) in [5, 5.41) is 7.54. The maximum absolute atomic E-state index is 13.5. The van der Waals surface area contributed by atoms with Crippen LogP contribution in [0.4, 0.5) is 5.69 Å². The predicted molar refractivity (Wildman–Crippen MR) is 129 cm³/mol.